The third-order valence-corrected chi connectivity index (χ3v) is 3.82. The summed E-state index contributed by atoms with van der Waals surface area (Å²) in [5.74, 6) is 0.838. The monoisotopic (exact) mass is 261 g/mol. The van der Waals surface area contributed by atoms with Crippen molar-refractivity contribution in [1.82, 2.24) is 9.88 Å². The molecule has 0 spiro atoms. The first kappa shape index (κ1) is 13.8. The summed E-state index contributed by atoms with van der Waals surface area (Å²) >= 11 is 0. The van der Waals surface area contributed by atoms with Crippen molar-refractivity contribution in [3.8, 4) is 0 Å². The molecule has 0 saturated carbocycles. The van der Waals surface area contributed by atoms with E-state index in [1.807, 2.05) is 24.0 Å². The Morgan fingerprint density at radius 2 is 2.21 bits per heavy atom. The smallest absolute Gasteiger partial charge is 0.273 e. The van der Waals surface area contributed by atoms with Gasteiger partial charge in [-0.1, -0.05) is 13.0 Å². The number of nitrogens with zero attached hydrogens (tertiary/aromatic N) is 2. The van der Waals surface area contributed by atoms with Crippen molar-refractivity contribution in [2.45, 2.75) is 52.1 Å². The van der Waals surface area contributed by atoms with Gasteiger partial charge < -0.3 is 10.2 Å². The molecular weight excluding hydrogens is 238 g/mol. The number of anilines is 1. The van der Waals surface area contributed by atoms with Gasteiger partial charge in [0.1, 0.15) is 11.5 Å². The fourth-order valence-electron chi connectivity index (χ4n) is 2.80. The van der Waals surface area contributed by atoms with Crippen LogP contribution in [0.2, 0.25) is 0 Å². The molecule has 1 saturated heterocycles. The van der Waals surface area contributed by atoms with E-state index in [4.69, 9.17) is 0 Å². The van der Waals surface area contributed by atoms with Crippen LogP contribution in [0, 0.1) is 0 Å². The Kier molecular flexibility index (Phi) is 4.40. The zero-order chi connectivity index (χ0) is 13.8. The number of likely N-dealkylation sites (tertiary alicyclic amines) is 1. The zero-order valence-corrected chi connectivity index (χ0v) is 12.0. The van der Waals surface area contributed by atoms with E-state index in [0.29, 0.717) is 17.8 Å². The highest BCUT2D eigenvalue weighted by Crippen LogP contribution is 2.27. The number of hydrogen-bond acceptors (Lipinski definition) is 3. The molecule has 1 fully saturated rings. The molecule has 104 valence electrons. The van der Waals surface area contributed by atoms with Gasteiger partial charge in [-0.15, -0.1) is 0 Å². The van der Waals surface area contributed by atoms with Gasteiger partial charge in [0, 0.05) is 18.6 Å². The standard InChI is InChI=1S/C15H23N3O/c1-4-12-10-9-11(3)18(12)15(19)13-7-6-8-14(17-13)16-5-2/h6-8,11-12H,4-5,9-10H2,1-3H3,(H,16,17). The van der Waals surface area contributed by atoms with Crippen LogP contribution in [0.3, 0.4) is 0 Å². The molecule has 0 radical (unpaired) electrons. The molecule has 19 heavy (non-hydrogen) atoms. The normalized spacial score (nSPS) is 22.6. The van der Waals surface area contributed by atoms with E-state index in [2.05, 4.69) is 24.1 Å². The first-order chi connectivity index (χ1) is 9.17. The summed E-state index contributed by atoms with van der Waals surface area (Å²) in [6.07, 6.45) is 3.22. The van der Waals surface area contributed by atoms with E-state index in [1.165, 1.54) is 0 Å². The SMILES string of the molecule is CCNc1cccc(C(=O)N2C(C)CCC2CC)n1. The second-order valence-corrected chi connectivity index (χ2v) is 5.14. The number of amides is 1. The van der Waals surface area contributed by atoms with Gasteiger partial charge >= 0.3 is 0 Å². The van der Waals surface area contributed by atoms with Crippen LogP contribution in [-0.4, -0.2) is 34.4 Å². The van der Waals surface area contributed by atoms with Gasteiger partial charge in [0.05, 0.1) is 0 Å². The molecular formula is C15H23N3O. The Morgan fingerprint density at radius 3 is 2.89 bits per heavy atom. The number of nitrogens with one attached hydrogen (secondary N) is 1. The van der Waals surface area contributed by atoms with Crippen molar-refractivity contribution < 1.29 is 4.79 Å². The lowest BCUT2D eigenvalue weighted by Gasteiger charge is -2.27. The van der Waals surface area contributed by atoms with Crippen LogP contribution in [0.4, 0.5) is 5.82 Å². The van der Waals surface area contributed by atoms with E-state index < -0.39 is 0 Å². The van der Waals surface area contributed by atoms with Crippen LogP contribution in [0.15, 0.2) is 18.2 Å². The lowest BCUT2D eigenvalue weighted by molar-refractivity contribution is 0.0670. The first-order valence-electron chi connectivity index (χ1n) is 7.21. The molecule has 0 aliphatic carbocycles. The van der Waals surface area contributed by atoms with Gasteiger partial charge in [0.2, 0.25) is 0 Å². The second kappa shape index (κ2) is 6.04. The summed E-state index contributed by atoms with van der Waals surface area (Å²) in [5.41, 5.74) is 0.547. The molecule has 0 bridgehead atoms. The number of carbonyl (C=O) groups is 1. The molecule has 1 N–H and O–H groups in total. The van der Waals surface area contributed by atoms with Crippen LogP contribution in [0.5, 0.6) is 0 Å². The van der Waals surface area contributed by atoms with Crippen molar-refractivity contribution in [3.63, 3.8) is 0 Å². The van der Waals surface area contributed by atoms with E-state index >= 15 is 0 Å². The van der Waals surface area contributed by atoms with Crippen molar-refractivity contribution in [2.75, 3.05) is 11.9 Å². The van der Waals surface area contributed by atoms with E-state index in [0.717, 1.165) is 31.6 Å². The number of pyridine rings is 1. The molecule has 0 aromatic carbocycles. The lowest BCUT2D eigenvalue weighted by atomic mass is 10.1. The summed E-state index contributed by atoms with van der Waals surface area (Å²) in [7, 11) is 0. The third-order valence-electron chi connectivity index (χ3n) is 3.82. The minimum absolute atomic E-state index is 0.0663. The van der Waals surface area contributed by atoms with Gasteiger partial charge in [0.25, 0.3) is 5.91 Å². The highest BCUT2D eigenvalue weighted by atomic mass is 16.2. The molecule has 2 atom stereocenters. The van der Waals surface area contributed by atoms with Crippen LogP contribution in [-0.2, 0) is 0 Å². The molecule has 2 rings (SSSR count). The fourth-order valence-corrected chi connectivity index (χ4v) is 2.80. The fraction of sp³-hybridized carbons (Fsp3) is 0.600. The predicted molar refractivity (Wildman–Crippen MR) is 77.3 cm³/mol. The summed E-state index contributed by atoms with van der Waals surface area (Å²) < 4.78 is 0. The molecule has 1 aromatic heterocycles. The number of aromatic nitrogens is 1. The quantitative estimate of drug-likeness (QED) is 0.906. The minimum Gasteiger partial charge on any atom is -0.370 e. The molecule has 2 unspecified atom stereocenters. The molecule has 1 aromatic rings. The van der Waals surface area contributed by atoms with Gasteiger partial charge in [-0.25, -0.2) is 4.98 Å². The number of rotatable bonds is 4. The Bertz CT molecular complexity index is 447. The Balaban J connectivity index is 2.20. The lowest BCUT2D eigenvalue weighted by Crippen LogP contribution is -2.40. The maximum absolute atomic E-state index is 12.6. The van der Waals surface area contributed by atoms with Crippen LogP contribution >= 0.6 is 0 Å². The van der Waals surface area contributed by atoms with E-state index in [1.54, 1.807) is 6.07 Å². The van der Waals surface area contributed by atoms with E-state index in [-0.39, 0.29) is 5.91 Å². The highest BCUT2D eigenvalue weighted by Gasteiger charge is 2.34. The van der Waals surface area contributed by atoms with Crippen molar-refractivity contribution in [2.24, 2.45) is 0 Å². The topological polar surface area (TPSA) is 45.2 Å². The summed E-state index contributed by atoms with van der Waals surface area (Å²) in [5, 5.41) is 3.15. The largest absolute Gasteiger partial charge is 0.370 e. The predicted octanol–water partition coefficient (Wildman–Crippen LogP) is 2.92. The highest BCUT2D eigenvalue weighted by molar-refractivity contribution is 5.93. The summed E-state index contributed by atoms with van der Waals surface area (Å²) in [4.78, 5) is 19.0. The summed E-state index contributed by atoms with van der Waals surface area (Å²) in [6.45, 7) is 7.10. The maximum Gasteiger partial charge on any atom is 0.273 e. The second-order valence-electron chi connectivity index (χ2n) is 5.14. The molecule has 4 nitrogen and oxygen atoms in total. The van der Waals surface area contributed by atoms with Gasteiger partial charge in [-0.2, -0.15) is 0 Å². The van der Waals surface area contributed by atoms with Crippen molar-refractivity contribution in [3.05, 3.63) is 23.9 Å². The number of hydrogen-bond donors (Lipinski definition) is 1. The zero-order valence-electron chi connectivity index (χ0n) is 12.0. The Morgan fingerprint density at radius 1 is 1.42 bits per heavy atom. The van der Waals surface area contributed by atoms with Crippen LogP contribution in [0.25, 0.3) is 0 Å². The average molecular weight is 261 g/mol. The van der Waals surface area contributed by atoms with Crippen molar-refractivity contribution in [1.29, 1.82) is 0 Å². The third kappa shape index (κ3) is 2.88. The van der Waals surface area contributed by atoms with Gasteiger partial charge in [0.15, 0.2) is 0 Å². The van der Waals surface area contributed by atoms with Crippen molar-refractivity contribution >= 4 is 11.7 Å². The Hall–Kier alpha value is -1.58. The first-order valence-corrected chi connectivity index (χ1v) is 7.21. The maximum atomic E-state index is 12.6. The molecule has 4 heteroatoms. The molecule has 1 aliphatic heterocycles. The molecule has 2 heterocycles. The van der Waals surface area contributed by atoms with Crippen LogP contribution < -0.4 is 5.32 Å². The Labute approximate surface area is 115 Å². The average Bonchev–Trinajstić information content (AvgIpc) is 2.80. The van der Waals surface area contributed by atoms with Crippen LogP contribution in [0.1, 0.15) is 50.5 Å². The van der Waals surface area contributed by atoms with Gasteiger partial charge in [-0.3, -0.25) is 4.79 Å². The molecule has 1 aliphatic rings. The minimum atomic E-state index is 0.0663. The number of carbonyl (C=O) groups excluding carboxylic acids is 1. The van der Waals surface area contributed by atoms with E-state index in [9.17, 15) is 4.79 Å². The molecule has 1 amide bonds. The van der Waals surface area contributed by atoms with Gasteiger partial charge in [-0.05, 0) is 45.2 Å². The summed E-state index contributed by atoms with van der Waals surface area (Å²) in [6, 6.07) is 6.28.